The van der Waals surface area contributed by atoms with Gasteiger partial charge in [-0.15, -0.1) is 5.10 Å². The Labute approximate surface area is 208 Å². The molecule has 2 unspecified atom stereocenters. The molecule has 34 heavy (non-hydrogen) atoms. The van der Waals surface area contributed by atoms with Crippen LogP contribution in [0.3, 0.4) is 0 Å². The number of aliphatic hydroxyl groups is 1. The topological polar surface area (TPSA) is 110 Å². The summed E-state index contributed by atoms with van der Waals surface area (Å²) in [5, 5.41) is 21.8. The first-order valence-electron chi connectivity index (χ1n) is 11.6. The monoisotopic (exact) mass is 533 g/mol. The molecule has 2 aliphatic rings. The molecule has 0 radical (unpaired) electrons. The number of carbonyl (C=O) groups excluding carboxylic acids is 2. The Morgan fingerprint density at radius 1 is 1.29 bits per heavy atom. The van der Waals surface area contributed by atoms with Gasteiger partial charge < -0.3 is 20.1 Å². The highest BCUT2D eigenvalue weighted by atomic mass is 79.9. The molecule has 1 saturated carbocycles. The second kappa shape index (κ2) is 9.65. The number of likely N-dealkylation sites (tertiary alicyclic amines) is 1. The summed E-state index contributed by atoms with van der Waals surface area (Å²) in [7, 11) is 1.59. The van der Waals surface area contributed by atoms with Gasteiger partial charge in [0.1, 0.15) is 17.8 Å². The summed E-state index contributed by atoms with van der Waals surface area (Å²) in [6.07, 6.45) is 3.48. The summed E-state index contributed by atoms with van der Waals surface area (Å²) in [6, 6.07) is 4.18. The van der Waals surface area contributed by atoms with Crippen LogP contribution in [0.5, 0.6) is 5.75 Å². The molecule has 1 aliphatic carbocycles. The summed E-state index contributed by atoms with van der Waals surface area (Å²) >= 11 is 3.44. The van der Waals surface area contributed by atoms with E-state index in [2.05, 4.69) is 31.6 Å². The number of methoxy groups -OCH3 is 1. The molecule has 2 fully saturated rings. The first-order chi connectivity index (χ1) is 16.1. The molecule has 1 aromatic carbocycles. The Bertz CT molecular complexity index is 1060. The second-order valence-electron chi connectivity index (χ2n) is 10.3. The lowest BCUT2D eigenvalue weighted by atomic mass is 9.85. The third-order valence-corrected chi connectivity index (χ3v) is 6.80. The third kappa shape index (κ3) is 5.43. The number of benzene rings is 1. The number of aromatic nitrogens is 3. The van der Waals surface area contributed by atoms with Crippen LogP contribution in [0.1, 0.15) is 63.3 Å². The van der Waals surface area contributed by atoms with Crippen molar-refractivity contribution in [3.05, 3.63) is 40.1 Å². The van der Waals surface area contributed by atoms with Gasteiger partial charge in [-0.1, -0.05) is 41.9 Å². The molecule has 2 aromatic rings. The Hall–Kier alpha value is -2.46. The Morgan fingerprint density at radius 2 is 2.03 bits per heavy atom. The van der Waals surface area contributed by atoms with Crippen molar-refractivity contribution in [1.29, 1.82) is 0 Å². The van der Waals surface area contributed by atoms with Gasteiger partial charge in [0.2, 0.25) is 11.8 Å². The van der Waals surface area contributed by atoms with Gasteiger partial charge in [0.15, 0.2) is 0 Å². The van der Waals surface area contributed by atoms with Crippen molar-refractivity contribution in [3.63, 3.8) is 0 Å². The zero-order valence-corrected chi connectivity index (χ0v) is 21.6. The van der Waals surface area contributed by atoms with Crippen LogP contribution in [0.2, 0.25) is 0 Å². The number of nitrogens with one attached hydrogen (secondary N) is 1. The molecule has 10 heteroatoms. The van der Waals surface area contributed by atoms with Gasteiger partial charge in [-0.2, -0.15) is 0 Å². The molecule has 1 aliphatic heterocycles. The van der Waals surface area contributed by atoms with Gasteiger partial charge in [-0.25, -0.2) is 4.68 Å². The van der Waals surface area contributed by atoms with Crippen molar-refractivity contribution in [3.8, 4) is 5.75 Å². The molecule has 0 bridgehead atoms. The SMILES string of the molecule is COc1cc(Br)cc(CNC(=O)C2CC(O)CN2C(=O)[C@@H](n2cc(C3CC3)nn2)C(C)(C)C)c1. The predicted molar refractivity (Wildman–Crippen MR) is 129 cm³/mol. The molecule has 1 saturated heterocycles. The zero-order valence-electron chi connectivity index (χ0n) is 20.0. The molecule has 2 heterocycles. The minimum Gasteiger partial charge on any atom is -0.497 e. The van der Waals surface area contributed by atoms with Gasteiger partial charge in [0, 0.05) is 36.1 Å². The molecular formula is C24H32BrN5O4. The number of carbonyl (C=O) groups is 2. The van der Waals surface area contributed by atoms with E-state index in [9.17, 15) is 14.7 Å². The molecule has 1 aromatic heterocycles. The van der Waals surface area contributed by atoms with E-state index in [0.29, 0.717) is 11.7 Å². The highest BCUT2D eigenvalue weighted by Crippen LogP contribution is 2.40. The lowest BCUT2D eigenvalue weighted by molar-refractivity contribution is -0.144. The number of rotatable bonds is 7. The lowest BCUT2D eigenvalue weighted by Gasteiger charge is -2.34. The van der Waals surface area contributed by atoms with Gasteiger partial charge in [-0.05, 0) is 42.0 Å². The quantitative estimate of drug-likeness (QED) is 0.566. The summed E-state index contributed by atoms with van der Waals surface area (Å²) in [6.45, 7) is 6.29. The smallest absolute Gasteiger partial charge is 0.248 e. The van der Waals surface area contributed by atoms with Crippen molar-refractivity contribution >= 4 is 27.7 Å². The van der Waals surface area contributed by atoms with E-state index in [1.807, 2.05) is 45.2 Å². The Kier molecular flexibility index (Phi) is 7.00. The van der Waals surface area contributed by atoms with Crippen molar-refractivity contribution in [2.45, 2.75) is 70.7 Å². The standard InChI is InChI=1S/C24H32BrN5O4/c1-24(2,3)21(30-13-19(27-28-30)15-5-6-15)23(33)29-12-17(31)10-20(29)22(32)26-11-14-7-16(25)9-18(8-14)34-4/h7-9,13,15,17,20-21,31H,5-6,10-12H2,1-4H3,(H,26,32)/t17?,20?,21-/m1/s1. The van der Waals surface area contributed by atoms with Gasteiger partial charge in [0.25, 0.3) is 0 Å². The molecule has 2 amide bonds. The summed E-state index contributed by atoms with van der Waals surface area (Å²) < 4.78 is 7.75. The molecule has 9 nitrogen and oxygen atoms in total. The van der Waals surface area contributed by atoms with Crippen molar-refractivity contribution in [1.82, 2.24) is 25.2 Å². The van der Waals surface area contributed by atoms with Gasteiger partial charge in [0.05, 0.1) is 18.9 Å². The van der Waals surface area contributed by atoms with Crippen LogP contribution in [-0.4, -0.2) is 62.6 Å². The summed E-state index contributed by atoms with van der Waals surface area (Å²) in [5.74, 6) is 0.570. The van der Waals surface area contributed by atoms with Crippen LogP contribution in [0.25, 0.3) is 0 Å². The minimum atomic E-state index is -0.760. The average molecular weight is 534 g/mol. The van der Waals surface area contributed by atoms with Crippen LogP contribution in [0, 0.1) is 5.41 Å². The highest BCUT2D eigenvalue weighted by Gasteiger charge is 2.45. The van der Waals surface area contributed by atoms with Gasteiger partial charge >= 0.3 is 0 Å². The van der Waals surface area contributed by atoms with Crippen LogP contribution in [-0.2, 0) is 16.1 Å². The maximum absolute atomic E-state index is 13.8. The first-order valence-corrected chi connectivity index (χ1v) is 12.4. The lowest BCUT2D eigenvalue weighted by Crippen LogP contribution is -2.50. The van der Waals surface area contributed by atoms with E-state index in [-0.39, 0.29) is 31.3 Å². The summed E-state index contributed by atoms with van der Waals surface area (Å²) in [5.41, 5.74) is 1.30. The molecule has 3 atom stereocenters. The third-order valence-electron chi connectivity index (χ3n) is 6.34. The normalized spacial score (nSPS) is 21.4. The number of hydrogen-bond donors (Lipinski definition) is 2. The second-order valence-corrected chi connectivity index (χ2v) is 11.2. The van der Waals surface area contributed by atoms with E-state index in [1.54, 1.807) is 11.8 Å². The fraction of sp³-hybridized carbons (Fsp3) is 0.583. The minimum absolute atomic E-state index is 0.110. The van der Waals surface area contributed by atoms with Crippen molar-refractivity contribution < 1.29 is 19.4 Å². The fourth-order valence-corrected chi connectivity index (χ4v) is 4.99. The fourth-order valence-electron chi connectivity index (χ4n) is 4.47. The van der Waals surface area contributed by atoms with Crippen LogP contribution in [0.4, 0.5) is 0 Å². The van der Waals surface area contributed by atoms with Crippen molar-refractivity contribution in [2.75, 3.05) is 13.7 Å². The van der Waals surface area contributed by atoms with E-state index in [1.165, 1.54) is 4.90 Å². The maximum atomic E-state index is 13.8. The largest absolute Gasteiger partial charge is 0.497 e. The van der Waals surface area contributed by atoms with E-state index in [0.717, 1.165) is 28.6 Å². The van der Waals surface area contributed by atoms with E-state index in [4.69, 9.17) is 4.74 Å². The number of aliphatic hydroxyl groups excluding tert-OH is 1. The highest BCUT2D eigenvalue weighted by molar-refractivity contribution is 9.10. The average Bonchev–Trinajstić information content (AvgIpc) is 3.38. The molecule has 0 spiro atoms. The number of halogens is 1. The first kappa shape index (κ1) is 24.7. The number of hydrogen-bond acceptors (Lipinski definition) is 6. The molecule has 4 rings (SSSR count). The Morgan fingerprint density at radius 3 is 2.68 bits per heavy atom. The Balaban J connectivity index is 1.51. The molecule has 2 N–H and O–H groups in total. The number of nitrogens with zero attached hydrogens (tertiary/aromatic N) is 4. The van der Waals surface area contributed by atoms with E-state index >= 15 is 0 Å². The maximum Gasteiger partial charge on any atom is 0.248 e. The van der Waals surface area contributed by atoms with Crippen LogP contribution < -0.4 is 10.1 Å². The van der Waals surface area contributed by atoms with Gasteiger partial charge in [-0.3, -0.25) is 9.59 Å². The van der Waals surface area contributed by atoms with E-state index < -0.39 is 23.6 Å². The van der Waals surface area contributed by atoms with Crippen LogP contribution in [0.15, 0.2) is 28.9 Å². The zero-order chi connectivity index (χ0) is 24.6. The van der Waals surface area contributed by atoms with Crippen LogP contribution >= 0.6 is 15.9 Å². The van der Waals surface area contributed by atoms with Crippen molar-refractivity contribution in [2.24, 2.45) is 5.41 Å². The number of β-amino-alcohol motifs (C(OH)–C–C–N with tert-alkyl or cyclic N) is 1. The molecule has 184 valence electrons. The predicted octanol–water partition coefficient (Wildman–Crippen LogP) is 2.79. The molecular weight excluding hydrogens is 502 g/mol. The summed E-state index contributed by atoms with van der Waals surface area (Å²) in [4.78, 5) is 28.4. The number of amides is 2. The number of ether oxygens (including phenoxy) is 1.